The molecule has 1 heterocycles. The van der Waals surface area contributed by atoms with Gasteiger partial charge in [-0.15, -0.1) is 11.3 Å². The maximum Gasteiger partial charge on any atom is 0.121 e. The second kappa shape index (κ2) is 5.29. The van der Waals surface area contributed by atoms with Crippen LogP contribution in [0.2, 0.25) is 0 Å². The van der Waals surface area contributed by atoms with Crippen LogP contribution in [0.15, 0.2) is 24.3 Å². The second-order valence-corrected chi connectivity index (χ2v) is 7.13. The molecule has 1 aromatic heterocycles. The maximum atomic E-state index is 5.32. The molecule has 0 aliphatic heterocycles. The minimum Gasteiger partial charge on any atom is -0.496 e. The van der Waals surface area contributed by atoms with Gasteiger partial charge in [-0.25, -0.2) is 0 Å². The van der Waals surface area contributed by atoms with E-state index in [4.69, 9.17) is 4.74 Å². The van der Waals surface area contributed by atoms with Gasteiger partial charge in [0.05, 0.1) is 11.9 Å². The molecule has 1 aliphatic carbocycles. The van der Waals surface area contributed by atoms with Crippen LogP contribution in [0.3, 0.4) is 0 Å². The summed E-state index contributed by atoms with van der Waals surface area (Å²) in [6.45, 7) is 2.09. The van der Waals surface area contributed by atoms with Crippen molar-refractivity contribution in [3.05, 3.63) is 50.7 Å². The number of rotatable bonds is 3. The highest BCUT2D eigenvalue weighted by Gasteiger charge is 2.20. The smallest absolute Gasteiger partial charge is 0.121 e. The molecular weight excluding hydrogens is 320 g/mol. The van der Waals surface area contributed by atoms with Gasteiger partial charge in [0.2, 0.25) is 0 Å². The zero-order valence-corrected chi connectivity index (χ0v) is 13.6. The van der Waals surface area contributed by atoms with E-state index in [-0.39, 0.29) is 0 Å². The van der Waals surface area contributed by atoms with E-state index in [9.17, 15) is 0 Å². The van der Waals surface area contributed by atoms with Crippen molar-refractivity contribution in [1.29, 1.82) is 0 Å². The van der Waals surface area contributed by atoms with Crippen LogP contribution in [0.1, 0.15) is 37.7 Å². The first-order valence-electron chi connectivity index (χ1n) is 6.59. The van der Waals surface area contributed by atoms with E-state index in [2.05, 4.69) is 47.1 Å². The number of methoxy groups -OCH3 is 1. The highest BCUT2D eigenvalue weighted by Crippen LogP contribution is 2.40. The Balaban J connectivity index is 1.90. The minimum absolute atomic E-state index is 0.299. The Bertz CT molecular complexity index is 581. The van der Waals surface area contributed by atoms with Crippen LogP contribution in [-0.2, 0) is 12.8 Å². The average molecular weight is 337 g/mol. The third kappa shape index (κ3) is 2.46. The van der Waals surface area contributed by atoms with Crippen LogP contribution in [0.4, 0.5) is 0 Å². The summed E-state index contributed by atoms with van der Waals surface area (Å²) < 4.78 is 5.32. The first-order chi connectivity index (χ1) is 9.19. The Labute approximate surface area is 126 Å². The van der Waals surface area contributed by atoms with Gasteiger partial charge in [-0.1, -0.05) is 28.1 Å². The predicted octanol–water partition coefficient (Wildman–Crippen LogP) is 5.04. The van der Waals surface area contributed by atoms with Crippen LogP contribution in [-0.4, -0.2) is 7.11 Å². The van der Waals surface area contributed by atoms with E-state index in [1.54, 1.807) is 17.6 Å². The number of benzene rings is 1. The molecule has 19 heavy (non-hydrogen) atoms. The minimum atomic E-state index is 0.299. The monoisotopic (exact) mass is 336 g/mol. The standard InChI is InChI=1S/C16H17BrOS/c1-10-8-12(6-7-13(10)18-2)16(17)15-9-11-4-3-5-14(11)19-15/h6-9,16H,3-5H2,1-2H3. The third-order valence-corrected chi connectivity index (χ3v) is 6.35. The fourth-order valence-corrected chi connectivity index (χ4v) is 4.66. The second-order valence-electron chi connectivity index (χ2n) is 5.04. The van der Waals surface area contributed by atoms with Gasteiger partial charge in [0.15, 0.2) is 0 Å². The summed E-state index contributed by atoms with van der Waals surface area (Å²) in [5.74, 6) is 0.956. The molecular formula is C16H17BrOS. The number of fused-ring (bicyclic) bond motifs is 1. The Morgan fingerprint density at radius 3 is 2.79 bits per heavy atom. The van der Waals surface area contributed by atoms with Gasteiger partial charge in [0.25, 0.3) is 0 Å². The Morgan fingerprint density at radius 2 is 2.11 bits per heavy atom. The lowest BCUT2D eigenvalue weighted by molar-refractivity contribution is 0.411. The molecule has 3 rings (SSSR count). The first-order valence-corrected chi connectivity index (χ1v) is 8.32. The lowest BCUT2D eigenvalue weighted by atomic mass is 10.1. The van der Waals surface area contributed by atoms with Gasteiger partial charge in [0.1, 0.15) is 5.75 Å². The molecule has 0 radical (unpaired) electrons. The van der Waals surface area contributed by atoms with Crippen molar-refractivity contribution in [3.63, 3.8) is 0 Å². The van der Waals surface area contributed by atoms with Crippen molar-refractivity contribution in [1.82, 2.24) is 0 Å². The van der Waals surface area contributed by atoms with E-state index in [0.717, 1.165) is 5.75 Å². The van der Waals surface area contributed by atoms with Gasteiger partial charge in [-0.05, 0) is 55.0 Å². The fourth-order valence-electron chi connectivity index (χ4n) is 2.70. The van der Waals surface area contributed by atoms with Crippen LogP contribution < -0.4 is 4.74 Å². The summed E-state index contributed by atoms with van der Waals surface area (Å²) in [5.41, 5.74) is 4.06. The number of thiophene rings is 1. The average Bonchev–Trinajstić information content (AvgIpc) is 2.98. The zero-order valence-electron chi connectivity index (χ0n) is 11.2. The number of aryl methyl sites for hydroxylation is 3. The summed E-state index contributed by atoms with van der Waals surface area (Å²) in [4.78, 5) is 3.31. The SMILES string of the molecule is COc1ccc(C(Br)c2cc3c(s2)CCC3)cc1C. The molecule has 0 amide bonds. The number of hydrogen-bond acceptors (Lipinski definition) is 2. The topological polar surface area (TPSA) is 9.23 Å². The van der Waals surface area contributed by atoms with Crippen molar-refractivity contribution >= 4 is 27.3 Å². The van der Waals surface area contributed by atoms with Crippen molar-refractivity contribution in [2.45, 2.75) is 31.0 Å². The van der Waals surface area contributed by atoms with Crippen LogP contribution >= 0.6 is 27.3 Å². The zero-order chi connectivity index (χ0) is 13.4. The molecule has 0 spiro atoms. The van der Waals surface area contributed by atoms with Crippen molar-refractivity contribution in [3.8, 4) is 5.75 Å². The van der Waals surface area contributed by atoms with Gasteiger partial charge in [-0.2, -0.15) is 0 Å². The van der Waals surface area contributed by atoms with E-state index < -0.39 is 0 Å². The van der Waals surface area contributed by atoms with Gasteiger partial charge >= 0.3 is 0 Å². The number of alkyl halides is 1. The summed E-state index contributed by atoms with van der Waals surface area (Å²) in [5, 5.41) is 0. The van der Waals surface area contributed by atoms with Crippen molar-refractivity contribution in [2.75, 3.05) is 7.11 Å². The quantitative estimate of drug-likeness (QED) is 0.713. The Morgan fingerprint density at radius 1 is 1.26 bits per heavy atom. The van der Waals surface area contributed by atoms with E-state index in [0.29, 0.717) is 4.83 Å². The molecule has 0 saturated carbocycles. The van der Waals surface area contributed by atoms with Crippen LogP contribution in [0.5, 0.6) is 5.75 Å². The number of ether oxygens (including phenoxy) is 1. The molecule has 2 aromatic rings. The highest BCUT2D eigenvalue weighted by molar-refractivity contribution is 9.09. The van der Waals surface area contributed by atoms with Crippen molar-refractivity contribution in [2.24, 2.45) is 0 Å². The maximum absolute atomic E-state index is 5.32. The van der Waals surface area contributed by atoms with Crippen LogP contribution in [0.25, 0.3) is 0 Å². The Hall–Kier alpha value is -0.800. The van der Waals surface area contributed by atoms with Gasteiger partial charge in [0, 0.05) is 9.75 Å². The lowest BCUT2D eigenvalue weighted by Crippen LogP contribution is -1.93. The molecule has 1 nitrogen and oxygen atoms in total. The van der Waals surface area contributed by atoms with E-state index in [1.165, 1.54) is 35.3 Å². The molecule has 3 heteroatoms. The van der Waals surface area contributed by atoms with Crippen molar-refractivity contribution < 1.29 is 4.74 Å². The molecule has 1 unspecified atom stereocenters. The number of halogens is 1. The molecule has 1 aliphatic rings. The van der Waals surface area contributed by atoms with E-state index >= 15 is 0 Å². The summed E-state index contributed by atoms with van der Waals surface area (Å²) in [6.07, 6.45) is 3.85. The van der Waals surface area contributed by atoms with Crippen LogP contribution in [0, 0.1) is 6.92 Å². The third-order valence-electron chi connectivity index (χ3n) is 3.73. The molecule has 100 valence electrons. The lowest BCUT2D eigenvalue weighted by Gasteiger charge is -2.11. The Kier molecular flexibility index (Phi) is 3.68. The molecule has 0 bridgehead atoms. The molecule has 0 N–H and O–H groups in total. The molecule has 0 fully saturated rings. The highest BCUT2D eigenvalue weighted by atomic mass is 79.9. The predicted molar refractivity (Wildman–Crippen MR) is 84.8 cm³/mol. The number of hydrogen-bond donors (Lipinski definition) is 0. The first kappa shape index (κ1) is 13.2. The summed E-state index contributed by atoms with van der Waals surface area (Å²) >= 11 is 5.81. The fraction of sp³-hybridized carbons (Fsp3) is 0.375. The molecule has 0 saturated heterocycles. The molecule has 1 atom stereocenters. The molecule has 1 aromatic carbocycles. The van der Waals surface area contributed by atoms with E-state index in [1.807, 2.05) is 11.3 Å². The summed E-state index contributed by atoms with van der Waals surface area (Å²) in [7, 11) is 1.72. The normalized spacial score (nSPS) is 15.3. The largest absolute Gasteiger partial charge is 0.496 e. The van der Waals surface area contributed by atoms with Gasteiger partial charge < -0.3 is 4.74 Å². The summed E-state index contributed by atoms with van der Waals surface area (Å²) in [6, 6.07) is 8.80. The van der Waals surface area contributed by atoms with Gasteiger partial charge in [-0.3, -0.25) is 0 Å².